The molecule has 2 aliphatic heterocycles. The summed E-state index contributed by atoms with van der Waals surface area (Å²) in [6.07, 6.45) is 0.175. The van der Waals surface area contributed by atoms with Crippen LogP contribution in [0.4, 0.5) is 4.39 Å². The van der Waals surface area contributed by atoms with Gasteiger partial charge in [-0.3, -0.25) is 4.79 Å². The number of amides is 1. The summed E-state index contributed by atoms with van der Waals surface area (Å²) in [5.74, 6) is -1.13. The zero-order valence-electron chi connectivity index (χ0n) is 16.7. The normalized spacial score (nSPS) is 22.7. The van der Waals surface area contributed by atoms with Crippen molar-refractivity contribution in [3.63, 3.8) is 0 Å². The second kappa shape index (κ2) is 5.54. The maximum absolute atomic E-state index is 14.0. The predicted octanol–water partition coefficient (Wildman–Crippen LogP) is 1.63. The van der Waals surface area contributed by atoms with Gasteiger partial charge in [0.05, 0.1) is 28.1 Å². The Hall–Kier alpha value is -2.42. The number of carbonyl (C=O) groups is 1. The Morgan fingerprint density at radius 3 is 2.93 bits per heavy atom. The molecule has 9 heteroatoms. The van der Waals surface area contributed by atoms with E-state index in [1.54, 1.807) is 4.57 Å². The van der Waals surface area contributed by atoms with Gasteiger partial charge in [0.2, 0.25) is 0 Å². The predicted molar refractivity (Wildman–Crippen MR) is 98.6 cm³/mol. The van der Waals surface area contributed by atoms with E-state index in [9.17, 15) is 19.2 Å². The van der Waals surface area contributed by atoms with E-state index in [0.717, 1.165) is 11.0 Å². The molecule has 2 bridgehead atoms. The number of benzene rings is 2. The lowest BCUT2D eigenvalue weighted by Crippen LogP contribution is -2.37. The van der Waals surface area contributed by atoms with Gasteiger partial charge in [-0.2, -0.15) is 0 Å². The molecule has 1 aromatic heterocycles. The Morgan fingerprint density at radius 1 is 1.37 bits per heavy atom. The number of imidazole rings is 1. The molecule has 2 N–H and O–H groups in total. The smallest absolute Gasteiger partial charge is 0.423 e. The standard InChI is InChI=1S/C18H14BClFN3O3/c1-23-15-7-14(16-8(18(23)25)3-2-4-9(16)19(26)27)24-13-5-10(20)11(21)6-12(13)22-17(15)24/h2-6,14-15,26-27H,7H2,1H3/t14-,15-/m1/s1/i1D3. The quantitative estimate of drug-likeness (QED) is 0.621. The van der Waals surface area contributed by atoms with Gasteiger partial charge in [0, 0.05) is 22.7 Å². The summed E-state index contributed by atoms with van der Waals surface area (Å²) in [6, 6.07) is 5.46. The van der Waals surface area contributed by atoms with Crippen LogP contribution in [0.2, 0.25) is 5.02 Å². The molecule has 27 heavy (non-hydrogen) atoms. The van der Waals surface area contributed by atoms with Crippen molar-refractivity contribution in [1.29, 1.82) is 0 Å². The molecule has 0 radical (unpaired) electrons. The van der Waals surface area contributed by atoms with E-state index in [1.807, 2.05) is 0 Å². The van der Waals surface area contributed by atoms with Crippen molar-refractivity contribution in [3.8, 4) is 0 Å². The van der Waals surface area contributed by atoms with Crippen LogP contribution in [0.15, 0.2) is 30.3 Å². The highest BCUT2D eigenvalue weighted by Crippen LogP contribution is 2.47. The van der Waals surface area contributed by atoms with Gasteiger partial charge in [0.15, 0.2) is 0 Å². The Bertz CT molecular complexity index is 1230. The number of halogens is 2. The van der Waals surface area contributed by atoms with Crippen molar-refractivity contribution in [2.24, 2.45) is 0 Å². The van der Waals surface area contributed by atoms with Crippen LogP contribution in [0.1, 0.15) is 44.4 Å². The lowest BCUT2D eigenvalue weighted by molar-refractivity contribution is 0.0734. The molecule has 0 spiro atoms. The first-order valence-electron chi connectivity index (χ1n) is 9.79. The number of hydrogen-bond donors (Lipinski definition) is 2. The Labute approximate surface area is 163 Å². The van der Waals surface area contributed by atoms with Crippen LogP contribution in [-0.4, -0.2) is 44.5 Å². The van der Waals surface area contributed by atoms with Crippen molar-refractivity contribution in [3.05, 3.63) is 58.1 Å². The summed E-state index contributed by atoms with van der Waals surface area (Å²) < 4.78 is 39.6. The molecule has 3 aromatic rings. The molecular weight excluding hydrogens is 371 g/mol. The van der Waals surface area contributed by atoms with Crippen molar-refractivity contribution in [2.45, 2.75) is 18.5 Å². The third kappa shape index (κ3) is 2.14. The first kappa shape index (κ1) is 13.7. The van der Waals surface area contributed by atoms with E-state index in [2.05, 4.69) is 4.98 Å². The molecular formula is C18H14BClFN3O3. The highest BCUT2D eigenvalue weighted by Gasteiger charge is 2.45. The van der Waals surface area contributed by atoms with Gasteiger partial charge in [0.1, 0.15) is 11.6 Å². The minimum absolute atomic E-state index is 0.0740. The van der Waals surface area contributed by atoms with E-state index in [1.165, 1.54) is 24.3 Å². The van der Waals surface area contributed by atoms with E-state index < -0.39 is 37.9 Å². The average Bonchev–Trinajstić information content (AvgIpc) is 3.13. The highest BCUT2D eigenvalue weighted by molar-refractivity contribution is 6.59. The topological polar surface area (TPSA) is 78.6 Å². The molecule has 0 aliphatic carbocycles. The van der Waals surface area contributed by atoms with Crippen molar-refractivity contribution in [1.82, 2.24) is 14.5 Å². The van der Waals surface area contributed by atoms with Crippen molar-refractivity contribution in [2.75, 3.05) is 6.98 Å². The van der Waals surface area contributed by atoms with Gasteiger partial charge in [-0.25, -0.2) is 9.37 Å². The summed E-state index contributed by atoms with van der Waals surface area (Å²) in [4.78, 5) is 18.5. The minimum Gasteiger partial charge on any atom is -0.423 e. The van der Waals surface area contributed by atoms with Crippen molar-refractivity contribution < 1.29 is 23.3 Å². The largest absolute Gasteiger partial charge is 0.488 e. The maximum Gasteiger partial charge on any atom is 0.488 e. The van der Waals surface area contributed by atoms with E-state index >= 15 is 0 Å². The van der Waals surface area contributed by atoms with Gasteiger partial charge in [-0.1, -0.05) is 23.7 Å². The molecule has 2 aromatic carbocycles. The monoisotopic (exact) mass is 388 g/mol. The van der Waals surface area contributed by atoms with E-state index in [4.69, 9.17) is 15.7 Å². The maximum atomic E-state index is 14.0. The molecule has 3 heterocycles. The van der Waals surface area contributed by atoms with Crippen LogP contribution >= 0.6 is 11.6 Å². The molecule has 5 rings (SSSR count). The molecule has 0 unspecified atom stereocenters. The molecule has 0 saturated carbocycles. The number of rotatable bonds is 1. The number of hydrogen-bond acceptors (Lipinski definition) is 4. The highest BCUT2D eigenvalue weighted by atomic mass is 35.5. The zero-order valence-corrected chi connectivity index (χ0v) is 14.5. The Balaban J connectivity index is 1.89. The van der Waals surface area contributed by atoms with Gasteiger partial charge in [-0.05, 0) is 29.6 Å². The lowest BCUT2D eigenvalue weighted by atomic mass is 9.73. The first-order chi connectivity index (χ1) is 14.1. The van der Waals surface area contributed by atoms with Crippen molar-refractivity contribution >= 4 is 41.1 Å². The van der Waals surface area contributed by atoms with Crippen LogP contribution < -0.4 is 5.46 Å². The second-order valence-electron chi connectivity index (χ2n) is 6.72. The number of fused-ring (bicyclic) bond motifs is 9. The van der Waals surface area contributed by atoms with Crippen LogP contribution in [0, 0.1) is 5.82 Å². The average molecular weight is 389 g/mol. The fraction of sp³-hybridized carbons (Fsp3) is 0.222. The molecule has 0 saturated heterocycles. The summed E-state index contributed by atoms with van der Waals surface area (Å²) in [6.45, 7) is -2.77. The van der Waals surface area contributed by atoms with Crippen LogP contribution in [0.3, 0.4) is 0 Å². The molecule has 0 fully saturated rings. The first-order valence-corrected chi connectivity index (χ1v) is 8.67. The molecule has 1 amide bonds. The van der Waals surface area contributed by atoms with E-state index in [0.29, 0.717) is 11.1 Å². The van der Waals surface area contributed by atoms with E-state index in [-0.39, 0.29) is 33.8 Å². The van der Waals surface area contributed by atoms with Gasteiger partial charge < -0.3 is 19.5 Å². The number of aromatic nitrogens is 2. The Morgan fingerprint density at radius 2 is 2.19 bits per heavy atom. The Kier molecular flexibility index (Phi) is 2.81. The molecule has 2 aliphatic rings. The fourth-order valence-corrected chi connectivity index (χ4v) is 4.36. The van der Waals surface area contributed by atoms with Gasteiger partial charge >= 0.3 is 7.12 Å². The molecule has 136 valence electrons. The zero-order chi connectivity index (χ0) is 21.5. The summed E-state index contributed by atoms with van der Waals surface area (Å²) >= 11 is 5.98. The third-order valence-corrected chi connectivity index (χ3v) is 5.62. The minimum atomic E-state index is -2.77. The van der Waals surface area contributed by atoms with Crippen LogP contribution in [0.5, 0.6) is 0 Å². The lowest BCUT2D eigenvalue weighted by Gasteiger charge is -2.24. The van der Waals surface area contributed by atoms with Crippen LogP contribution in [0.25, 0.3) is 11.0 Å². The second-order valence-corrected chi connectivity index (χ2v) is 7.13. The summed E-state index contributed by atoms with van der Waals surface area (Å²) in [5, 5.41) is 19.7. The molecule has 2 atom stereocenters. The van der Waals surface area contributed by atoms with Gasteiger partial charge in [-0.15, -0.1) is 0 Å². The molecule has 6 nitrogen and oxygen atoms in total. The van der Waals surface area contributed by atoms with Crippen LogP contribution in [-0.2, 0) is 0 Å². The fourth-order valence-electron chi connectivity index (χ4n) is 4.20. The number of nitrogens with zero attached hydrogens (tertiary/aromatic N) is 3. The summed E-state index contributed by atoms with van der Waals surface area (Å²) in [5.41, 5.74) is 1.22. The third-order valence-electron chi connectivity index (χ3n) is 5.33. The number of carbonyl (C=O) groups excluding carboxylic acids is 1. The van der Waals surface area contributed by atoms with Gasteiger partial charge in [0.25, 0.3) is 5.91 Å². The SMILES string of the molecule is [2H]C([2H])([2H])N1C(=O)c2cccc(B(O)O)c2[C@H]2C[C@@H]1c1nc3cc(F)c(Cl)cc3n12. The summed E-state index contributed by atoms with van der Waals surface area (Å²) in [7, 11) is -1.87.